The van der Waals surface area contributed by atoms with Gasteiger partial charge in [0.25, 0.3) is 5.91 Å². The number of hydrogen-bond acceptors (Lipinski definition) is 5. The van der Waals surface area contributed by atoms with Gasteiger partial charge in [-0.1, -0.05) is 18.6 Å². The summed E-state index contributed by atoms with van der Waals surface area (Å²) in [5.74, 6) is -0.335. The van der Waals surface area contributed by atoms with E-state index in [0.29, 0.717) is 31.6 Å². The van der Waals surface area contributed by atoms with E-state index in [2.05, 4.69) is 10.6 Å². The number of carbonyl (C=O) groups excluding carboxylic acids is 2. The summed E-state index contributed by atoms with van der Waals surface area (Å²) in [6, 6.07) is 13.3. The highest BCUT2D eigenvalue weighted by Gasteiger charge is 2.41. The van der Waals surface area contributed by atoms with Gasteiger partial charge >= 0.3 is 0 Å². The van der Waals surface area contributed by atoms with Gasteiger partial charge in [-0.3, -0.25) is 9.59 Å². The van der Waals surface area contributed by atoms with E-state index in [0.717, 1.165) is 30.6 Å². The van der Waals surface area contributed by atoms with Crippen LogP contribution in [0, 0.1) is 0 Å². The first-order chi connectivity index (χ1) is 15.4. The highest BCUT2D eigenvalue weighted by molar-refractivity contribution is 7.89. The molecule has 0 spiro atoms. The molecule has 2 amide bonds. The average molecular weight is 455 g/mol. The highest BCUT2D eigenvalue weighted by atomic mass is 32.2. The van der Waals surface area contributed by atoms with Gasteiger partial charge in [-0.25, -0.2) is 8.42 Å². The lowest BCUT2D eigenvalue weighted by Gasteiger charge is -2.32. The third-order valence-electron chi connectivity index (χ3n) is 6.48. The van der Waals surface area contributed by atoms with Crippen LogP contribution in [0.3, 0.4) is 0 Å². The quantitative estimate of drug-likeness (QED) is 0.738. The molecule has 3 aliphatic heterocycles. The maximum absolute atomic E-state index is 12.8. The summed E-state index contributed by atoms with van der Waals surface area (Å²) >= 11 is 0. The Labute approximate surface area is 187 Å². The smallest absolute Gasteiger partial charge is 0.251 e. The molecule has 3 heterocycles. The van der Waals surface area contributed by atoms with E-state index in [1.54, 1.807) is 12.1 Å². The summed E-state index contributed by atoms with van der Waals surface area (Å²) in [4.78, 5) is 27.5. The van der Waals surface area contributed by atoms with E-state index in [4.69, 9.17) is 0 Å². The van der Waals surface area contributed by atoms with E-state index >= 15 is 0 Å². The number of anilines is 2. The highest BCUT2D eigenvalue weighted by Crippen LogP contribution is 2.36. The van der Waals surface area contributed by atoms with Crippen molar-refractivity contribution in [3.05, 3.63) is 54.1 Å². The van der Waals surface area contributed by atoms with Gasteiger partial charge in [0.05, 0.1) is 16.3 Å². The molecule has 0 aromatic heterocycles. The summed E-state index contributed by atoms with van der Waals surface area (Å²) in [5.41, 5.74) is 2.14. The van der Waals surface area contributed by atoms with Crippen molar-refractivity contribution in [2.45, 2.75) is 42.7 Å². The van der Waals surface area contributed by atoms with Crippen LogP contribution >= 0.6 is 0 Å². The Hall–Kier alpha value is -2.91. The maximum atomic E-state index is 12.8. The first kappa shape index (κ1) is 21.0. The first-order valence-electron chi connectivity index (χ1n) is 11.0. The molecule has 2 aromatic carbocycles. The molecule has 32 heavy (non-hydrogen) atoms. The number of rotatable bonds is 4. The second-order valence-electron chi connectivity index (χ2n) is 8.57. The van der Waals surface area contributed by atoms with Gasteiger partial charge in [-0.15, -0.1) is 0 Å². The minimum atomic E-state index is -3.53. The molecule has 0 radical (unpaired) electrons. The molecule has 2 aromatic rings. The molecule has 2 N–H and O–H groups in total. The third-order valence-corrected chi connectivity index (χ3v) is 8.39. The minimum Gasteiger partial charge on any atom is -0.356 e. The topological polar surface area (TPSA) is 98.8 Å². The Bertz CT molecular complexity index is 1140. The molecular formula is C23H26N4O4S. The Morgan fingerprint density at radius 3 is 2.47 bits per heavy atom. The number of carbonyl (C=O) groups is 2. The summed E-state index contributed by atoms with van der Waals surface area (Å²) < 4.78 is 27.1. The molecule has 0 aliphatic carbocycles. The summed E-state index contributed by atoms with van der Waals surface area (Å²) in [6.45, 7) is 1.63. The van der Waals surface area contributed by atoms with Gasteiger partial charge in [0.2, 0.25) is 15.9 Å². The van der Waals surface area contributed by atoms with Gasteiger partial charge in [0.15, 0.2) is 0 Å². The van der Waals surface area contributed by atoms with Crippen LogP contribution in [0.25, 0.3) is 0 Å². The molecule has 168 valence electrons. The van der Waals surface area contributed by atoms with Gasteiger partial charge in [-0.05, 0) is 55.7 Å². The van der Waals surface area contributed by atoms with Crippen molar-refractivity contribution >= 4 is 33.2 Å². The molecule has 5 rings (SSSR count). The van der Waals surface area contributed by atoms with Crippen LogP contribution in [0.15, 0.2) is 53.4 Å². The predicted octanol–water partition coefficient (Wildman–Crippen LogP) is 2.19. The summed E-state index contributed by atoms with van der Waals surface area (Å²) in [6.07, 6.45) is 3.33. The molecule has 0 saturated carbocycles. The van der Waals surface area contributed by atoms with E-state index in [9.17, 15) is 18.0 Å². The molecule has 2 fully saturated rings. The van der Waals surface area contributed by atoms with Crippen LogP contribution in [0.4, 0.5) is 11.4 Å². The third kappa shape index (κ3) is 3.75. The van der Waals surface area contributed by atoms with E-state index in [-0.39, 0.29) is 28.8 Å². The molecule has 2 saturated heterocycles. The maximum Gasteiger partial charge on any atom is 0.251 e. The molecular weight excluding hydrogens is 428 g/mol. The fourth-order valence-electron chi connectivity index (χ4n) is 4.80. The van der Waals surface area contributed by atoms with Crippen molar-refractivity contribution < 1.29 is 18.0 Å². The van der Waals surface area contributed by atoms with Gasteiger partial charge in [0.1, 0.15) is 6.04 Å². The van der Waals surface area contributed by atoms with Crippen LogP contribution < -0.4 is 15.5 Å². The lowest BCUT2D eigenvalue weighted by Crippen LogP contribution is -2.44. The lowest BCUT2D eigenvalue weighted by molar-refractivity contribution is -0.117. The normalized spacial score (nSPS) is 23.2. The second-order valence-corrected chi connectivity index (χ2v) is 10.5. The first-order valence-corrected chi connectivity index (χ1v) is 12.4. The van der Waals surface area contributed by atoms with Crippen molar-refractivity contribution in [2.24, 2.45) is 0 Å². The molecule has 3 aliphatic rings. The summed E-state index contributed by atoms with van der Waals surface area (Å²) in [5, 5.41) is 5.93. The van der Waals surface area contributed by atoms with Crippen LogP contribution in [-0.4, -0.2) is 56.3 Å². The number of amides is 2. The zero-order chi connectivity index (χ0) is 22.3. The zero-order valence-corrected chi connectivity index (χ0v) is 18.5. The SMILES string of the molecule is O=C(NC1CC2C(=O)Nc3ccccc3N2C1)c1ccc(S(=O)(=O)N2CCCCC2)cc1. The number of para-hydroxylation sites is 2. The van der Waals surface area contributed by atoms with Crippen molar-refractivity contribution in [2.75, 3.05) is 29.9 Å². The number of nitrogens with one attached hydrogen (secondary N) is 2. The monoisotopic (exact) mass is 454 g/mol. The lowest BCUT2D eigenvalue weighted by atomic mass is 10.1. The van der Waals surface area contributed by atoms with E-state index < -0.39 is 10.0 Å². The Balaban J connectivity index is 1.27. The zero-order valence-electron chi connectivity index (χ0n) is 17.7. The molecule has 9 heteroatoms. The summed E-state index contributed by atoms with van der Waals surface area (Å²) in [7, 11) is -3.53. The van der Waals surface area contributed by atoms with Crippen molar-refractivity contribution in [3.63, 3.8) is 0 Å². The number of hydrogen-bond donors (Lipinski definition) is 2. The number of nitrogens with zero attached hydrogens (tertiary/aromatic N) is 2. The second kappa shape index (κ2) is 8.22. The van der Waals surface area contributed by atoms with Gasteiger partial charge in [0, 0.05) is 31.2 Å². The van der Waals surface area contributed by atoms with Crippen molar-refractivity contribution in [3.8, 4) is 0 Å². The fourth-order valence-corrected chi connectivity index (χ4v) is 6.32. The van der Waals surface area contributed by atoms with Crippen LogP contribution in [0.2, 0.25) is 0 Å². The Morgan fingerprint density at radius 1 is 1.00 bits per heavy atom. The molecule has 8 nitrogen and oxygen atoms in total. The number of sulfonamides is 1. The van der Waals surface area contributed by atoms with Gasteiger partial charge < -0.3 is 15.5 Å². The van der Waals surface area contributed by atoms with Crippen LogP contribution in [-0.2, 0) is 14.8 Å². The largest absolute Gasteiger partial charge is 0.356 e. The standard InChI is InChI=1S/C23H26N4O4S/c28-22(16-8-10-18(11-9-16)32(30,31)26-12-4-1-5-13-26)24-17-14-21-23(29)25-19-6-2-3-7-20(19)27(21)15-17/h2-3,6-11,17,21H,1,4-5,12-15H2,(H,24,28)(H,25,29). The van der Waals surface area contributed by atoms with Crippen molar-refractivity contribution in [1.29, 1.82) is 0 Å². The van der Waals surface area contributed by atoms with Crippen LogP contribution in [0.5, 0.6) is 0 Å². The van der Waals surface area contributed by atoms with Crippen LogP contribution in [0.1, 0.15) is 36.0 Å². The average Bonchev–Trinajstić information content (AvgIpc) is 3.24. The number of benzene rings is 2. The molecule has 0 bridgehead atoms. The number of fused-ring (bicyclic) bond motifs is 3. The fraction of sp³-hybridized carbons (Fsp3) is 0.391. The Morgan fingerprint density at radius 2 is 1.72 bits per heavy atom. The number of piperidine rings is 1. The van der Waals surface area contributed by atoms with Crippen molar-refractivity contribution in [1.82, 2.24) is 9.62 Å². The Kier molecular flexibility index (Phi) is 5.38. The van der Waals surface area contributed by atoms with E-state index in [1.807, 2.05) is 29.2 Å². The molecule has 2 unspecified atom stereocenters. The molecule has 2 atom stereocenters. The van der Waals surface area contributed by atoms with Gasteiger partial charge in [-0.2, -0.15) is 4.31 Å². The minimum absolute atomic E-state index is 0.0623. The van der Waals surface area contributed by atoms with E-state index in [1.165, 1.54) is 16.4 Å². The predicted molar refractivity (Wildman–Crippen MR) is 121 cm³/mol.